The van der Waals surface area contributed by atoms with Crippen LogP contribution in [0.3, 0.4) is 0 Å². The lowest BCUT2D eigenvalue weighted by atomic mass is 9.99. The first-order valence-electron chi connectivity index (χ1n) is 19.0. The highest BCUT2D eigenvalue weighted by atomic mass is 35.5. The van der Waals surface area contributed by atoms with Gasteiger partial charge in [0.1, 0.15) is 24.4 Å². The minimum absolute atomic E-state index is 0.0373. The van der Waals surface area contributed by atoms with Crippen molar-refractivity contribution in [3.63, 3.8) is 0 Å². The number of nitrogens with one attached hydrogen (secondary N) is 4. The van der Waals surface area contributed by atoms with Gasteiger partial charge in [-0.2, -0.15) is 0 Å². The van der Waals surface area contributed by atoms with Gasteiger partial charge in [0.2, 0.25) is 23.6 Å². The van der Waals surface area contributed by atoms with E-state index in [0.29, 0.717) is 30.0 Å². The number of hydrogen-bond acceptors (Lipinski definition) is 9. The molecule has 0 unspecified atom stereocenters. The fourth-order valence-electron chi connectivity index (χ4n) is 6.21. The molecule has 16 heteroatoms. The molecular formula is C42H54ClN11O4. The van der Waals surface area contributed by atoms with Crippen molar-refractivity contribution in [2.24, 2.45) is 39.4 Å². The summed E-state index contributed by atoms with van der Waals surface area (Å²) in [6.07, 6.45) is 0.541. The quantitative estimate of drug-likeness (QED) is 0.0235. The van der Waals surface area contributed by atoms with Crippen LogP contribution in [0, 0.1) is 0 Å². The smallest absolute Gasteiger partial charge is 0.243 e. The van der Waals surface area contributed by atoms with E-state index in [1.807, 2.05) is 97.1 Å². The lowest BCUT2D eigenvalue weighted by Crippen LogP contribution is -2.58. The van der Waals surface area contributed by atoms with Gasteiger partial charge in [-0.1, -0.05) is 103 Å². The number of amides is 4. The van der Waals surface area contributed by atoms with Crippen molar-refractivity contribution in [1.82, 2.24) is 21.3 Å². The van der Waals surface area contributed by atoms with Crippen LogP contribution in [0.15, 0.2) is 108 Å². The summed E-state index contributed by atoms with van der Waals surface area (Å²) in [5.74, 6) is -2.74. The number of hydrogen-bond donors (Lipinski definition) is 10. The molecule has 0 saturated carbocycles. The Morgan fingerprint density at radius 1 is 0.586 bits per heavy atom. The average Bonchev–Trinajstić information content (AvgIpc) is 3.20. The molecule has 15 nitrogen and oxygen atoms in total. The third kappa shape index (κ3) is 14.9. The Bertz CT molecular complexity index is 1980. The first-order valence-corrected chi connectivity index (χ1v) is 19.4. The fraction of sp³-hybridized carbons (Fsp3) is 0.310. The molecule has 0 fully saturated rings. The molecule has 0 bridgehead atoms. The lowest BCUT2D eigenvalue weighted by Gasteiger charge is -2.26. The van der Waals surface area contributed by atoms with E-state index in [4.69, 9.17) is 46.0 Å². The highest BCUT2D eigenvalue weighted by Gasteiger charge is 2.30. The number of primary amides is 1. The summed E-state index contributed by atoms with van der Waals surface area (Å²) in [4.78, 5) is 57.9. The normalized spacial score (nSPS) is 13.1. The number of aliphatic imine (C=N–C) groups is 1. The number of nitrogens with two attached hydrogens (primary N) is 6. The van der Waals surface area contributed by atoms with E-state index >= 15 is 0 Å². The first kappa shape index (κ1) is 44.9. The van der Waals surface area contributed by atoms with Crippen LogP contribution in [0.25, 0.3) is 22.3 Å². The predicted molar refractivity (Wildman–Crippen MR) is 228 cm³/mol. The Hall–Kier alpha value is -5.84. The summed E-state index contributed by atoms with van der Waals surface area (Å²) in [6.45, 7) is 0.563. The van der Waals surface area contributed by atoms with Gasteiger partial charge in [-0.05, 0) is 84.2 Å². The highest BCUT2D eigenvalue weighted by molar-refractivity contribution is 6.30. The van der Waals surface area contributed by atoms with E-state index in [9.17, 15) is 19.2 Å². The molecule has 4 rings (SSSR count). The van der Waals surface area contributed by atoms with Gasteiger partial charge in [0.05, 0.1) is 6.04 Å². The van der Waals surface area contributed by atoms with Crippen molar-refractivity contribution in [3.05, 3.63) is 119 Å². The van der Waals surface area contributed by atoms with E-state index in [1.165, 1.54) is 0 Å². The zero-order valence-corrected chi connectivity index (χ0v) is 33.0. The van der Waals surface area contributed by atoms with Gasteiger partial charge < -0.3 is 50.4 Å². The SMILES string of the molecule is NC(=O)[C@H](CCCNC(N)N)NC(=O)[C@H](Cc1ccc(-c2cccc(Cl)c2)cc1)NC(=O)[C@H](CCCN=C(N)N)NC(=O)[C@@H](N)Cc1ccc(-c2ccccc2)cc1. The number of nitrogens with zero attached hydrogens (tertiary/aromatic N) is 1. The first-order chi connectivity index (χ1) is 27.8. The number of benzene rings is 4. The van der Waals surface area contributed by atoms with Crippen LogP contribution < -0.4 is 55.7 Å². The number of rotatable bonds is 22. The standard InChI is InChI=1S/C42H54ClN11O4/c43-32-10-4-9-31(25-32)30-19-15-27(16-20-30)24-36(40(58)52-34(37(45)55)11-5-21-50-41(46)47)54-39(57)35(12-6-22-51-42(48)49)53-38(56)33(44)23-26-13-17-29(18-14-26)28-7-2-1-3-8-28/h1-4,7-10,13-20,25,33-36,41,50H,5-6,11-12,21-24,44,46-47H2,(H2,45,55)(H,52,58)(H,53,56)(H,54,57)(H4,48,49,51)/t33-,34-,35-,36-/m0/s1. The molecule has 4 aromatic carbocycles. The molecule has 0 spiro atoms. The maximum atomic E-state index is 14.1. The Morgan fingerprint density at radius 3 is 1.72 bits per heavy atom. The Kier molecular flexibility index (Phi) is 17.6. The van der Waals surface area contributed by atoms with Crippen molar-refractivity contribution < 1.29 is 19.2 Å². The molecule has 4 amide bonds. The van der Waals surface area contributed by atoms with Crippen LogP contribution in [0.4, 0.5) is 0 Å². The van der Waals surface area contributed by atoms with Gasteiger partial charge in [-0.25, -0.2) is 0 Å². The van der Waals surface area contributed by atoms with Crippen molar-refractivity contribution in [2.45, 2.75) is 69.0 Å². The Morgan fingerprint density at radius 2 is 1.12 bits per heavy atom. The summed E-state index contributed by atoms with van der Waals surface area (Å²) in [7, 11) is 0. The topological polar surface area (TPSA) is 285 Å². The third-order valence-corrected chi connectivity index (χ3v) is 9.56. The number of carbonyl (C=O) groups is 4. The summed E-state index contributed by atoms with van der Waals surface area (Å²) in [5.41, 5.74) is 39.5. The van der Waals surface area contributed by atoms with Crippen LogP contribution in [-0.4, -0.2) is 73.1 Å². The average molecular weight is 812 g/mol. The maximum Gasteiger partial charge on any atom is 0.243 e. The van der Waals surface area contributed by atoms with Gasteiger partial charge in [0, 0.05) is 18.0 Å². The lowest BCUT2D eigenvalue weighted by molar-refractivity contribution is -0.133. The molecule has 308 valence electrons. The second-order valence-corrected chi connectivity index (χ2v) is 14.4. The van der Waals surface area contributed by atoms with Gasteiger partial charge in [-0.3, -0.25) is 29.5 Å². The molecule has 16 N–H and O–H groups in total. The second-order valence-electron chi connectivity index (χ2n) is 13.9. The molecule has 4 atom stereocenters. The summed E-state index contributed by atoms with van der Waals surface area (Å²) >= 11 is 6.20. The van der Waals surface area contributed by atoms with E-state index in [2.05, 4.69) is 26.3 Å². The van der Waals surface area contributed by atoms with Gasteiger partial charge in [0.25, 0.3) is 0 Å². The monoisotopic (exact) mass is 811 g/mol. The van der Waals surface area contributed by atoms with Crippen LogP contribution in [0.5, 0.6) is 0 Å². The van der Waals surface area contributed by atoms with E-state index in [1.54, 1.807) is 6.07 Å². The van der Waals surface area contributed by atoms with E-state index < -0.39 is 54.1 Å². The van der Waals surface area contributed by atoms with Crippen LogP contribution in [0.1, 0.15) is 36.8 Å². The Labute approximate surface area is 343 Å². The van der Waals surface area contributed by atoms with Crippen molar-refractivity contribution in [2.75, 3.05) is 13.1 Å². The minimum Gasteiger partial charge on any atom is -0.370 e. The molecule has 58 heavy (non-hydrogen) atoms. The zero-order chi connectivity index (χ0) is 42.0. The molecule has 0 aliphatic heterocycles. The fourth-order valence-corrected chi connectivity index (χ4v) is 6.40. The maximum absolute atomic E-state index is 14.1. The predicted octanol–water partition coefficient (Wildman–Crippen LogP) is 1.35. The number of halogens is 1. The van der Waals surface area contributed by atoms with Crippen molar-refractivity contribution >= 4 is 41.2 Å². The molecule has 0 aromatic heterocycles. The van der Waals surface area contributed by atoms with E-state index in [0.717, 1.165) is 27.8 Å². The molecule has 0 aliphatic carbocycles. The molecule has 0 saturated heterocycles. The molecule has 0 radical (unpaired) electrons. The minimum atomic E-state index is -1.18. The van der Waals surface area contributed by atoms with Gasteiger partial charge >= 0.3 is 0 Å². The highest BCUT2D eigenvalue weighted by Crippen LogP contribution is 2.24. The van der Waals surface area contributed by atoms with Crippen molar-refractivity contribution in [1.29, 1.82) is 0 Å². The molecule has 0 heterocycles. The molecular weight excluding hydrogens is 758 g/mol. The number of carbonyl (C=O) groups excluding carboxylic acids is 4. The Balaban J connectivity index is 1.52. The zero-order valence-electron chi connectivity index (χ0n) is 32.3. The van der Waals surface area contributed by atoms with Gasteiger partial charge in [0.15, 0.2) is 5.96 Å². The summed E-state index contributed by atoms with van der Waals surface area (Å²) in [5, 5.41) is 11.7. The van der Waals surface area contributed by atoms with Crippen LogP contribution in [0.2, 0.25) is 5.02 Å². The second kappa shape index (κ2) is 22.8. The van der Waals surface area contributed by atoms with Crippen molar-refractivity contribution in [3.8, 4) is 22.3 Å². The van der Waals surface area contributed by atoms with E-state index in [-0.39, 0.29) is 38.2 Å². The summed E-state index contributed by atoms with van der Waals surface area (Å²) < 4.78 is 0. The molecule has 0 aliphatic rings. The largest absolute Gasteiger partial charge is 0.370 e. The van der Waals surface area contributed by atoms with Crippen LogP contribution in [-0.2, 0) is 32.0 Å². The third-order valence-electron chi connectivity index (χ3n) is 9.33. The summed E-state index contributed by atoms with van der Waals surface area (Å²) in [6, 6.07) is 28.1. The number of guanidine groups is 1. The van der Waals surface area contributed by atoms with Crippen LogP contribution >= 0.6 is 11.6 Å². The molecule has 4 aromatic rings. The van der Waals surface area contributed by atoms with Gasteiger partial charge in [-0.15, -0.1) is 0 Å².